The summed E-state index contributed by atoms with van der Waals surface area (Å²) >= 11 is 0. The van der Waals surface area contributed by atoms with Crippen LogP contribution >= 0.6 is 0 Å². The van der Waals surface area contributed by atoms with E-state index in [1.54, 1.807) is 0 Å². The van der Waals surface area contributed by atoms with Crippen molar-refractivity contribution in [3.8, 4) is 11.1 Å². The van der Waals surface area contributed by atoms with Crippen LogP contribution in [0, 0.1) is 0 Å². The van der Waals surface area contributed by atoms with Crippen LogP contribution in [0.15, 0.2) is 103 Å². The average Bonchev–Trinajstić information content (AvgIpc) is 2.96. The first kappa shape index (κ1) is 22.3. The molecule has 0 bridgehead atoms. The lowest BCUT2D eigenvalue weighted by Crippen LogP contribution is -2.07. The topological polar surface area (TPSA) is 0 Å². The zero-order valence-electron chi connectivity index (χ0n) is 21.5. The molecule has 0 N–H and O–H groups in total. The molecule has 1 atom stereocenters. The van der Waals surface area contributed by atoms with Crippen LogP contribution < -0.4 is 0 Å². The molecule has 0 aliphatic heterocycles. The summed E-state index contributed by atoms with van der Waals surface area (Å²) in [4.78, 5) is 0. The molecule has 4 aromatic rings. The molecule has 37 heavy (non-hydrogen) atoms. The molecule has 0 nitrogen and oxygen atoms in total. The molecule has 0 radical (unpaired) electrons. The minimum atomic E-state index is 0.451. The van der Waals surface area contributed by atoms with E-state index in [1.807, 2.05) is 0 Å². The minimum Gasteiger partial charge on any atom is -0.0836 e. The van der Waals surface area contributed by atoms with Crippen molar-refractivity contribution < 1.29 is 0 Å². The van der Waals surface area contributed by atoms with Gasteiger partial charge in [0.1, 0.15) is 0 Å². The van der Waals surface area contributed by atoms with Crippen molar-refractivity contribution in [1.82, 2.24) is 0 Å². The Balaban J connectivity index is 1.43. The molecular formula is C37H32. The lowest BCUT2D eigenvalue weighted by molar-refractivity contribution is 0.856. The number of fused-ring (bicyclic) bond motifs is 3. The average molecular weight is 477 g/mol. The van der Waals surface area contributed by atoms with Crippen LogP contribution in [0.4, 0.5) is 0 Å². The van der Waals surface area contributed by atoms with E-state index in [2.05, 4.69) is 116 Å². The summed E-state index contributed by atoms with van der Waals surface area (Å²) in [5.41, 5.74) is 14.2. The van der Waals surface area contributed by atoms with Crippen LogP contribution in [0.25, 0.3) is 39.6 Å². The van der Waals surface area contributed by atoms with Crippen LogP contribution in [0.2, 0.25) is 0 Å². The van der Waals surface area contributed by atoms with Crippen molar-refractivity contribution in [2.45, 2.75) is 44.9 Å². The van der Waals surface area contributed by atoms with Gasteiger partial charge in [0.05, 0.1) is 0 Å². The highest BCUT2D eigenvalue weighted by atomic mass is 14.3. The molecule has 0 saturated carbocycles. The number of allylic oxidation sites excluding steroid dienone is 6. The Morgan fingerprint density at radius 3 is 2.38 bits per heavy atom. The van der Waals surface area contributed by atoms with Gasteiger partial charge in [-0.3, -0.25) is 0 Å². The second kappa shape index (κ2) is 9.20. The zero-order valence-corrected chi connectivity index (χ0v) is 21.5. The van der Waals surface area contributed by atoms with Crippen molar-refractivity contribution >= 4 is 28.5 Å². The van der Waals surface area contributed by atoms with Crippen molar-refractivity contribution in [3.63, 3.8) is 0 Å². The Labute approximate surface area is 220 Å². The highest BCUT2D eigenvalue weighted by molar-refractivity contribution is 6.09. The molecule has 0 aromatic heterocycles. The van der Waals surface area contributed by atoms with E-state index in [9.17, 15) is 0 Å². The lowest BCUT2D eigenvalue weighted by Gasteiger charge is -2.27. The van der Waals surface area contributed by atoms with Crippen LogP contribution in [-0.2, 0) is 12.8 Å². The first-order chi connectivity index (χ1) is 18.3. The third kappa shape index (κ3) is 3.92. The van der Waals surface area contributed by atoms with Gasteiger partial charge in [-0.05, 0) is 106 Å². The molecule has 0 fully saturated rings. The lowest BCUT2D eigenvalue weighted by atomic mass is 9.77. The zero-order chi connectivity index (χ0) is 24.8. The van der Waals surface area contributed by atoms with E-state index < -0.39 is 0 Å². The fourth-order valence-electron chi connectivity index (χ4n) is 6.55. The predicted molar refractivity (Wildman–Crippen MR) is 160 cm³/mol. The third-order valence-corrected chi connectivity index (χ3v) is 8.45. The van der Waals surface area contributed by atoms with Gasteiger partial charge in [-0.1, -0.05) is 109 Å². The molecule has 0 heterocycles. The number of benzene rings is 4. The number of aryl methyl sites for hydroxylation is 1. The summed E-state index contributed by atoms with van der Waals surface area (Å²) in [6.07, 6.45) is 19.9. The second-order valence-corrected chi connectivity index (χ2v) is 10.8. The fourth-order valence-corrected chi connectivity index (χ4v) is 6.55. The van der Waals surface area contributed by atoms with Gasteiger partial charge in [-0.25, -0.2) is 0 Å². The van der Waals surface area contributed by atoms with Crippen molar-refractivity contribution in [2.24, 2.45) is 0 Å². The first-order valence-corrected chi connectivity index (χ1v) is 13.7. The summed E-state index contributed by atoms with van der Waals surface area (Å²) in [5, 5.41) is 2.74. The van der Waals surface area contributed by atoms with Gasteiger partial charge in [-0.2, -0.15) is 0 Å². The molecule has 3 aliphatic rings. The van der Waals surface area contributed by atoms with Crippen molar-refractivity contribution in [1.29, 1.82) is 0 Å². The summed E-state index contributed by atoms with van der Waals surface area (Å²) in [6, 6.07) is 27.2. The van der Waals surface area contributed by atoms with Crippen LogP contribution in [0.5, 0.6) is 0 Å². The van der Waals surface area contributed by atoms with Crippen LogP contribution in [-0.4, -0.2) is 0 Å². The first-order valence-electron chi connectivity index (χ1n) is 13.7. The van der Waals surface area contributed by atoms with E-state index in [0.717, 1.165) is 32.1 Å². The Kier molecular flexibility index (Phi) is 5.55. The van der Waals surface area contributed by atoms with Crippen molar-refractivity contribution in [3.05, 3.63) is 136 Å². The summed E-state index contributed by atoms with van der Waals surface area (Å²) in [7, 11) is 0. The highest BCUT2D eigenvalue weighted by Gasteiger charge is 2.24. The number of hydrogen-bond acceptors (Lipinski definition) is 0. The monoisotopic (exact) mass is 476 g/mol. The standard InChI is InChI=1S/C37H32/c1-25-15-22-34-35(23-25)36(29-19-16-28(17-20-29)26-9-3-2-4-10-26)32-13-7-8-14-33(32)37(34)31-21-18-27-11-5-6-12-30(27)24-31/h2-4,6-10,12-14,16,18-21,23-24,28H,5,11,15,17,22H2,1H3. The SMILES string of the molecule is CC1=Cc2c(c(-c3ccc4c(c3)C=CCC4)c3ccccc3c2C2=CCC(c3ccccc3)C=C2)CC1. The largest absolute Gasteiger partial charge is 0.0836 e. The summed E-state index contributed by atoms with van der Waals surface area (Å²) < 4.78 is 0. The normalized spacial score (nSPS) is 18.2. The van der Waals surface area contributed by atoms with E-state index >= 15 is 0 Å². The van der Waals surface area contributed by atoms with Gasteiger partial charge in [0.15, 0.2) is 0 Å². The van der Waals surface area contributed by atoms with Gasteiger partial charge in [0, 0.05) is 5.92 Å². The molecule has 0 saturated heterocycles. The summed E-state index contributed by atoms with van der Waals surface area (Å²) in [5.74, 6) is 0.451. The van der Waals surface area contributed by atoms with E-state index in [0.29, 0.717) is 5.92 Å². The third-order valence-electron chi connectivity index (χ3n) is 8.45. The molecular weight excluding hydrogens is 444 g/mol. The highest BCUT2D eigenvalue weighted by Crippen LogP contribution is 2.45. The van der Waals surface area contributed by atoms with Gasteiger partial charge in [-0.15, -0.1) is 0 Å². The van der Waals surface area contributed by atoms with E-state index in [1.165, 1.54) is 66.4 Å². The molecule has 0 amide bonds. The van der Waals surface area contributed by atoms with Crippen molar-refractivity contribution in [2.75, 3.05) is 0 Å². The molecule has 0 spiro atoms. The molecule has 3 aliphatic carbocycles. The number of hydrogen-bond donors (Lipinski definition) is 0. The maximum absolute atomic E-state index is 2.47. The van der Waals surface area contributed by atoms with Gasteiger partial charge >= 0.3 is 0 Å². The molecule has 4 aromatic carbocycles. The number of rotatable bonds is 3. The Hall–Kier alpha value is -3.90. The van der Waals surface area contributed by atoms with Gasteiger partial charge in [0.25, 0.3) is 0 Å². The smallest absolute Gasteiger partial charge is 0.00561 e. The van der Waals surface area contributed by atoms with Crippen LogP contribution in [0.1, 0.15) is 65.5 Å². The minimum absolute atomic E-state index is 0.451. The van der Waals surface area contributed by atoms with Crippen LogP contribution in [0.3, 0.4) is 0 Å². The maximum atomic E-state index is 2.47. The van der Waals surface area contributed by atoms with E-state index in [-0.39, 0.29) is 0 Å². The Morgan fingerprint density at radius 1 is 0.757 bits per heavy atom. The Morgan fingerprint density at radius 2 is 1.57 bits per heavy atom. The molecule has 1 unspecified atom stereocenters. The second-order valence-electron chi connectivity index (χ2n) is 10.8. The summed E-state index contributed by atoms with van der Waals surface area (Å²) in [6.45, 7) is 2.29. The Bertz CT molecular complexity index is 1640. The predicted octanol–water partition coefficient (Wildman–Crippen LogP) is 9.94. The van der Waals surface area contributed by atoms with Gasteiger partial charge in [0.2, 0.25) is 0 Å². The quantitative estimate of drug-likeness (QED) is 0.276. The maximum Gasteiger partial charge on any atom is 0.00561 e. The molecule has 7 rings (SSSR count). The van der Waals surface area contributed by atoms with Gasteiger partial charge < -0.3 is 0 Å². The van der Waals surface area contributed by atoms with E-state index in [4.69, 9.17) is 0 Å². The fraction of sp³-hybridized carbons (Fsp3) is 0.189. The molecule has 180 valence electrons. The molecule has 0 heteroatoms.